The third-order valence-electron chi connectivity index (χ3n) is 6.29. The number of ether oxygens (including phenoxy) is 1. The molecule has 0 aliphatic rings. The van der Waals surface area contributed by atoms with E-state index in [9.17, 15) is 4.79 Å². The van der Waals surface area contributed by atoms with Crippen molar-refractivity contribution in [2.75, 3.05) is 18.2 Å². The van der Waals surface area contributed by atoms with E-state index in [1.807, 2.05) is 0 Å². The number of methoxy groups -OCH3 is 1. The molecule has 6 nitrogen and oxygen atoms in total. The number of halogens is 1. The predicted octanol–water partition coefficient (Wildman–Crippen LogP) is 7.85. The van der Waals surface area contributed by atoms with Gasteiger partial charge in [0.15, 0.2) is 11.0 Å². The van der Waals surface area contributed by atoms with E-state index in [2.05, 4.69) is 79.0 Å². The second-order valence-electron chi connectivity index (χ2n) is 10.5. The minimum Gasteiger partial charge on any atom is -0.495 e. The minimum absolute atomic E-state index is 0.0858. The molecule has 3 rings (SSSR count). The lowest BCUT2D eigenvalue weighted by Crippen LogP contribution is -2.15. The maximum atomic E-state index is 12.7. The fourth-order valence-corrected chi connectivity index (χ4v) is 5.12. The first kappa shape index (κ1) is 29.1. The van der Waals surface area contributed by atoms with Crippen molar-refractivity contribution >= 4 is 35.0 Å². The van der Waals surface area contributed by atoms with E-state index in [0.717, 1.165) is 29.5 Å². The Bertz CT molecular complexity index is 1170. The van der Waals surface area contributed by atoms with Crippen LogP contribution >= 0.6 is 23.4 Å². The van der Waals surface area contributed by atoms with Crippen molar-refractivity contribution in [3.05, 3.63) is 53.1 Å². The van der Waals surface area contributed by atoms with Gasteiger partial charge in [-0.1, -0.05) is 102 Å². The highest BCUT2D eigenvalue weighted by Crippen LogP contribution is 2.30. The fraction of sp³-hybridized carbons (Fsp3) is 0.483. The Balaban J connectivity index is 1.77. The average molecular weight is 543 g/mol. The summed E-state index contributed by atoms with van der Waals surface area (Å²) in [4.78, 5) is 12.7. The van der Waals surface area contributed by atoms with Crippen molar-refractivity contribution in [3.8, 4) is 17.1 Å². The first-order valence-corrected chi connectivity index (χ1v) is 14.3. The molecule has 2 aromatic carbocycles. The molecular weight excluding hydrogens is 504 g/mol. The number of thioether (sulfide) groups is 1. The molecule has 1 atom stereocenters. The van der Waals surface area contributed by atoms with Crippen LogP contribution in [0.5, 0.6) is 5.75 Å². The van der Waals surface area contributed by atoms with Crippen molar-refractivity contribution in [2.24, 2.45) is 5.92 Å². The Morgan fingerprint density at radius 2 is 1.86 bits per heavy atom. The molecule has 200 valence electrons. The van der Waals surface area contributed by atoms with Gasteiger partial charge in [-0.25, -0.2) is 0 Å². The van der Waals surface area contributed by atoms with Crippen LogP contribution in [-0.2, 0) is 16.8 Å². The predicted molar refractivity (Wildman–Crippen MR) is 155 cm³/mol. The molecule has 0 saturated carbocycles. The van der Waals surface area contributed by atoms with Crippen LogP contribution in [0.25, 0.3) is 11.4 Å². The van der Waals surface area contributed by atoms with Gasteiger partial charge in [0.25, 0.3) is 0 Å². The standard InChI is InChI=1S/C29H39ClN4O2S/c1-7-8-9-10-20(2)18-34-27(21-11-13-22(14-12-21)29(3,4)5)32-33-28(34)37-19-26(35)31-23-15-16-25(36-6)24(30)17-23/h11-17,20H,7-10,18-19H2,1-6H3,(H,31,35). The number of nitrogens with zero attached hydrogens (tertiary/aromatic N) is 3. The molecule has 0 aliphatic heterocycles. The largest absolute Gasteiger partial charge is 0.495 e. The summed E-state index contributed by atoms with van der Waals surface area (Å²) in [6.45, 7) is 11.9. The van der Waals surface area contributed by atoms with Crippen LogP contribution in [0, 0.1) is 5.92 Å². The smallest absolute Gasteiger partial charge is 0.234 e. The van der Waals surface area contributed by atoms with Crippen molar-refractivity contribution in [2.45, 2.75) is 77.4 Å². The molecule has 1 heterocycles. The van der Waals surface area contributed by atoms with E-state index in [4.69, 9.17) is 16.3 Å². The number of hydrogen-bond donors (Lipinski definition) is 1. The van der Waals surface area contributed by atoms with E-state index in [1.165, 1.54) is 36.6 Å². The molecule has 0 saturated heterocycles. The van der Waals surface area contributed by atoms with Gasteiger partial charge in [0, 0.05) is 17.8 Å². The number of nitrogens with one attached hydrogen (secondary N) is 1. The van der Waals surface area contributed by atoms with Crippen LogP contribution in [-0.4, -0.2) is 33.5 Å². The molecule has 1 N–H and O–H groups in total. The van der Waals surface area contributed by atoms with Crippen LogP contribution in [0.4, 0.5) is 5.69 Å². The number of anilines is 1. The zero-order valence-electron chi connectivity index (χ0n) is 22.8. The lowest BCUT2D eigenvalue weighted by atomic mass is 9.86. The number of hydrogen-bond acceptors (Lipinski definition) is 5. The molecule has 8 heteroatoms. The molecular formula is C29H39ClN4O2S. The molecule has 37 heavy (non-hydrogen) atoms. The lowest BCUT2D eigenvalue weighted by Gasteiger charge is -2.19. The number of benzene rings is 2. The fourth-order valence-electron chi connectivity index (χ4n) is 4.11. The SMILES string of the molecule is CCCCCC(C)Cn1c(SCC(=O)Nc2ccc(OC)c(Cl)c2)nnc1-c1ccc(C(C)(C)C)cc1. The summed E-state index contributed by atoms with van der Waals surface area (Å²) < 4.78 is 7.35. The highest BCUT2D eigenvalue weighted by molar-refractivity contribution is 7.99. The normalized spacial score (nSPS) is 12.4. The average Bonchev–Trinajstić information content (AvgIpc) is 3.24. The number of amides is 1. The van der Waals surface area contributed by atoms with Gasteiger partial charge in [-0.15, -0.1) is 10.2 Å². The van der Waals surface area contributed by atoms with Gasteiger partial charge in [0.1, 0.15) is 5.75 Å². The summed E-state index contributed by atoms with van der Waals surface area (Å²) in [7, 11) is 1.56. The van der Waals surface area contributed by atoms with E-state index < -0.39 is 0 Å². The van der Waals surface area contributed by atoms with E-state index in [0.29, 0.717) is 22.4 Å². The molecule has 0 aliphatic carbocycles. The Morgan fingerprint density at radius 1 is 1.14 bits per heavy atom. The van der Waals surface area contributed by atoms with Crippen molar-refractivity contribution < 1.29 is 9.53 Å². The van der Waals surface area contributed by atoms with E-state index in [-0.39, 0.29) is 17.1 Å². The molecule has 3 aromatic rings. The summed E-state index contributed by atoms with van der Waals surface area (Å²) in [6.07, 6.45) is 4.81. The number of carbonyl (C=O) groups is 1. The Labute approximate surface area is 230 Å². The Morgan fingerprint density at radius 3 is 2.49 bits per heavy atom. The quantitative estimate of drug-likeness (QED) is 0.186. The highest BCUT2D eigenvalue weighted by atomic mass is 35.5. The molecule has 1 aromatic heterocycles. The topological polar surface area (TPSA) is 69.0 Å². The minimum atomic E-state index is -0.132. The molecule has 1 amide bonds. The third kappa shape index (κ3) is 8.24. The molecule has 0 fully saturated rings. The van der Waals surface area contributed by atoms with E-state index in [1.54, 1.807) is 25.3 Å². The molecule has 0 bridgehead atoms. The lowest BCUT2D eigenvalue weighted by molar-refractivity contribution is -0.113. The van der Waals surface area contributed by atoms with Gasteiger partial charge >= 0.3 is 0 Å². The summed E-state index contributed by atoms with van der Waals surface area (Å²) in [5, 5.41) is 13.1. The maximum Gasteiger partial charge on any atom is 0.234 e. The Hall–Kier alpha value is -2.51. The summed E-state index contributed by atoms with van der Waals surface area (Å²) in [5.74, 6) is 1.97. The van der Waals surface area contributed by atoms with Gasteiger partial charge in [-0.3, -0.25) is 4.79 Å². The van der Waals surface area contributed by atoms with Crippen LogP contribution in [0.2, 0.25) is 5.02 Å². The number of rotatable bonds is 12. The van der Waals surface area contributed by atoms with E-state index >= 15 is 0 Å². The van der Waals surface area contributed by atoms with Crippen molar-refractivity contribution in [3.63, 3.8) is 0 Å². The molecule has 1 unspecified atom stereocenters. The van der Waals surface area contributed by atoms with Crippen LogP contribution in [0.3, 0.4) is 0 Å². The second-order valence-corrected chi connectivity index (χ2v) is 11.9. The van der Waals surface area contributed by atoms with Gasteiger partial charge in [0.2, 0.25) is 5.91 Å². The molecule has 0 radical (unpaired) electrons. The Kier molecular flexibility index (Phi) is 10.5. The van der Waals surface area contributed by atoms with Gasteiger partial charge in [0.05, 0.1) is 17.9 Å². The second kappa shape index (κ2) is 13.3. The highest BCUT2D eigenvalue weighted by Gasteiger charge is 2.19. The summed E-state index contributed by atoms with van der Waals surface area (Å²) >= 11 is 7.59. The number of carbonyl (C=O) groups excluding carboxylic acids is 1. The first-order chi connectivity index (χ1) is 17.6. The van der Waals surface area contributed by atoms with Crippen molar-refractivity contribution in [1.29, 1.82) is 0 Å². The van der Waals surface area contributed by atoms with Crippen LogP contribution < -0.4 is 10.1 Å². The number of unbranched alkanes of at least 4 members (excludes halogenated alkanes) is 2. The maximum absolute atomic E-state index is 12.7. The van der Waals surface area contributed by atoms with Gasteiger partial charge in [-0.2, -0.15) is 0 Å². The monoisotopic (exact) mass is 542 g/mol. The zero-order chi connectivity index (χ0) is 27.0. The number of aromatic nitrogens is 3. The first-order valence-electron chi connectivity index (χ1n) is 12.9. The zero-order valence-corrected chi connectivity index (χ0v) is 24.4. The third-order valence-corrected chi connectivity index (χ3v) is 7.55. The summed E-state index contributed by atoms with van der Waals surface area (Å²) in [5.41, 5.74) is 3.02. The summed E-state index contributed by atoms with van der Waals surface area (Å²) in [6, 6.07) is 13.8. The van der Waals surface area contributed by atoms with Crippen LogP contribution in [0.1, 0.15) is 65.9 Å². The van der Waals surface area contributed by atoms with Crippen LogP contribution in [0.15, 0.2) is 47.6 Å². The van der Waals surface area contributed by atoms with Gasteiger partial charge in [-0.05, 0) is 41.5 Å². The van der Waals surface area contributed by atoms with Gasteiger partial charge < -0.3 is 14.6 Å². The molecule has 0 spiro atoms. The van der Waals surface area contributed by atoms with Crippen molar-refractivity contribution in [1.82, 2.24) is 14.8 Å².